The second kappa shape index (κ2) is 9.64. The molecule has 1 aromatic carbocycles. The van der Waals surface area contributed by atoms with Gasteiger partial charge in [-0.2, -0.15) is 0 Å². The van der Waals surface area contributed by atoms with E-state index in [-0.39, 0.29) is 5.78 Å². The number of ether oxygens (including phenoxy) is 2. The van der Waals surface area contributed by atoms with E-state index in [1.807, 2.05) is 24.3 Å². The molecule has 0 aliphatic carbocycles. The summed E-state index contributed by atoms with van der Waals surface area (Å²) in [5.41, 5.74) is 2.01. The van der Waals surface area contributed by atoms with Crippen molar-refractivity contribution in [3.63, 3.8) is 0 Å². The molecule has 0 bridgehead atoms. The van der Waals surface area contributed by atoms with E-state index in [4.69, 9.17) is 9.47 Å². The van der Waals surface area contributed by atoms with Crippen molar-refractivity contribution in [1.29, 1.82) is 0 Å². The second-order valence-corrected chi connectivity index (χ2v) is 4.74. The summed E-state index contributed by atoms with van der Waals surface area (Å²) >= 11 is 0. The first-order valence-corrected chi connectivity index (χ1v) is 7.03. The monoisotopic (exact) mass is 279 g/mol. The average molecular weight is 279 g/mol. The van der Waals surface area contributed by atoms with Crippen LogP contribution in [0.4, 0.5) is 0 Å². The molecule has 0 spiro atoms. The van der Waals surface area contributed by atoms with E-state index in [0.717, 1.165) is 25.1 Å². The molecule has 0 aliphatic heterocycles. The zero-order chi connectivity index (χ0) is 14.8. The predicted octanol–water partition coefficient (Wildman–Crippen LogP) is 2.03. The Morgan fingerprint density at radius 1 is 1.05 bits per heavy atom. The number of benzene rings is 1. The van der Waals surface area contributed by atoms with Gasteiger partial charge in [-0.1, -0.05) is 31.2 Å². The van der Waals surface area contributed by atoms with Crippen molar-refractivity contribution in [2.45, 2.75) is 13.3 Å². The lowest BCUT2D eigenvalue weighted by atomic mass is 10.1. The summed E-state index contributed by atoms with van der Waals surface area (Å²) in [7, 11) is 3.33. The summed E-state index contributed by atoms with van der Waals surface area (Å²) in [5.74, 6) is 0.139. The van der Waals surface area contributed by atoms with Crippen molar-refractivity contribution in [2.24, 2.45) is 0 Å². The van der Waals surface area contributed by atoms with Gasteiger partial charge in [0.25, 0.3) is 0 Å². The van der Waals surface area contributed by atoms with E-state index >= 15 is 0 Å². The summed E-state index contributed by atoms with van der Waals surface area (Å²) in [5, 5.41) is 0. The number of nitrogens with zero attached hydrogens (tertiary/aromatic N) is 1. The molecule has 0 radical (unpaired) electrons. The van der Waals surface area contributed by atoms with E-state index in [2.05, 4.69) is 11.8 Å². The van der Waals surface area contributed by atoms with Gasteiger partial charge in [0.05, 0.1) is 19.8 Å². The summed E-state index contributed by atoms with van der Waals surface area (Å²) < 4.78 is 10.2. The molecule has 1 aromatic rings. The van der Waals surface area contributed by atoms with Gasteiger partial charge in [-0.15, -0.1) is 0 Å². The fraction of sp³-hybridized carbons (Fsp3) is 0.562. The van der Waals surface area contributed by atoms with Crippen molar-refractivity contribution in [1.82, 2.24) is 4.90 Å². The Bertz CT molecular complexity index is 381. The standard InChI is InChI=1S/C16H25NO3/c1-4-14-5-7-15(8-6-14)16(18)13-17(9-11-19-2)10-12-20-3/h5-8H,4,9-13H2,1-3H3. The number of ketones is 1. The third kappa shape index (κ3) is 5.82. The largest absolute Gasteiger partial charge is 0.383 e. The van der Waals surface area contributed by atoms with Crippen LogP contribution in [0.15, 0.2) is 24.3 Å². The molecule has 0 atom stereocenters. The van der Waals surface area contributed by atoms with Gasteiger partial charge in [-0.3, -0.25) is 9.69 Å². The molecule has 0 aliphatic rings. The maximum Gasteiger partial charge on any atom is 0.176 e. The van der Waals surface area contributed by atoms with Crippen LogP contribution in [-0.2, 0) is 15.9 Å². The van der Waals surface area contributed by atoms with Crippen LogP contribution in [0.1, 0.15) is 22.8 Å². The minimum Gasteiger partial charge on any atom is -0.383 e. The van der Waals surface area contributed by atoms with Crippen LogP contribution in [0.25, 0.3) is 0 Å². The Hall–Kier alpha value is -1.23. The molecule has 20 heavy (non-hydrogen) atoms. The number of Topliss-reactive ketones (excluding diaryl/α,β-unsaturated/α-hetero) is 1. The summed E-state index contributed by atoms with van der Waals surface area (Å²) in [6, 6.07) is 7.85. The van der Waals surface area contributed by atoms with Crippen LogP contribution >= 0.6 is 0 Å². The van der Waals surface area contributed by atoms with Crippen LogP contribution < -0.4 is 0 Å². The topological polar surface area (TPSA) is 38.8 Å². The zero-order valence-corrected chi connectivity index (χ0v) is 12.7. The lowest BCUT2D eigenvalue weighted by molar-refractivity contribution is 0.0837. The van der Waals surface area contributed by atoms with Gasteiger partial charge in [0, 0.05) is 32.9 Å². The first kappa shape index (κ1) is 16.8. The summed E-state index contributed by atoms with van der Waals surface area (Å²) in [6.07, 6.45) is 0.988. The van der Waals surface area contributed by atoms with E-state index in [9.17, 15) is 4.79 Å². The molecule has 112 valence electrons. The van der Waals surface area contributed by atoms with Crippen molar-refractivity contribution >= 4 is 5.78 Å². The number of carbonyl (C=O) groups is 1. The van der Waals surface area contributed by atoms with Crippen LogP contribution in [0.5, 0.6) is 0 Å². The number of hydrogen-bond donors (Lipinski definition) is 0. The number of aryl methyl sites for hydroxylation is 1. The molecule has 0 aromatic heterocycles. The molecule has 0 N–H and O–H groups in total. The molecule has 0 saturated carbocycles. The van der Waals surface area contributed by atoms with Gasteiger partial charge in [0.2, 0.25) is 0 Å². The summed E-state index contributed by atoms with van der Waals surface area (Å²) in [6.45, 7) is 5.21. The van der Waals surface area contributed by atoms with Crippen molar-refractivity contribution in [3.8, 4) is 0 Å². The second-order valence-electron chi connectivity index (χ2n) is 4.74. The molecule has 0 unspecified atom stereocenters. The maximum absolute atomic E-state index is 12.3. The van der Waals surface area contributed by atoms with E-state index in [1.165, 1.54) is 5.56 Å². The van der Waals surface area contributed by atoms with E-state index in [1.54, 1.807) is 14.2 Å². The number of methoxy groups -OCH3 is 2. The van der Waals surface area contributed by atoms with Crippen molar-refractivity contribution in [3.05, 3.63) is 35.4 Å². The highest BCUT2D eigenvalue weighted by atomic mass is 16.5. The third-order valence-electron chi connectivity index (χ3n) is 3.27. The predicted molar refractivity (Wildman–Crippen MR) is 80.3 cm³/mol. The molecule has 4 nitrogen and oxygen atoms in total. The highest BCUT2D eigenvalue weighted by Gasteiger charge is 2.12. The molecular weight excluding hydrogens is 254 g/mol. The Labute approximate surface area is 121 Å². The summed E-state index contributed by atoms with van der Waals surface area (Å²) in [4.78, 5) is 14.3. The Morgan fingerprint density at radius 3 is 2.05 bits per heavy atom. The lowest BCUT2D eigenvalue weighted by Crippen LogP contribution is -2.35. The first-order chi connectivity index (χ1) is 9.71. The van der Waals surface area contributed by atoms with Gasteiger partial charge in [0.1, 0.15) is 0 Å². The minimum atomic E-state index is 0.139. The number of rotatable bonds is 10. The minimum absolute atomic E-state index is 0.139. The lowest BCUT2D eigenvalue weighted by Gasteiger charge is -2.20. The van der Waals surface area contributed by atoms with Crippen molar-refractivity contribution in [2.75, 3.05) is 47.1 Å². The molecule has 1 rings (SSSR count). The van der Waals surface area contributed by atoms with Crippen LogP contribution in [0.3, 0.4) is 0 Å². The normalized spacial score (nSPS) is 11.0. The first-order valence-electron chi connectivity index (χ1n) is 7.03. The Kier molecular flexibility index (Phi) is 8.11. The highest BCUT2D eigenvalue weighted by Crippen LogP contribution is 2.07. The highest BCUT2D eigenvalue weighted by molar-refractivity contribution is 5.97. The fourth-order valence-corrected chi connectivity index (χ4v) is 1.93. The van der Waals surface area contributed by atoms with E-state index in [0.29, 0.717) is 19.8 Å². The zero-order valence-electron chi connectivity index (χ0n) is 12.7. The molecule has 4 heteroatoms. The van der Waals surface area contributed by atoms with E-state index < -0.39 is 0 Å². The van der Waals surface area contributed by atoms with Crippen LogP contribution in [-0.4, -0.2) is 57.8 Å². The Morgan fingerprint density at radius 2 is 1.60 bits per heavy atom. The fourth-order valence-electron chi connectivity index (χ4n) is 1.93. The third-order valence-corrected chi connectivity index (χ3v) is 3.27. The SMILES string of the molecule is CCc1ccc(C(=O)CN(CCOC)CCOC)cc1. The van der Waals surface area contributed by atoms with Gasteiger partial charge in [-0.05, 0) is 12.0 Å². The molecule has 0 amide bonds. The van der Waals surface area contributed by atoms with Gasteiger partial charge < -0.3 is 9.47 Å². The van der Waals surface area contributed by atoms with Crippen LogP contribution in [0.2, 0.25) is 0 Å². The Balaban J connectivity index is 2.58. The van der Waals surface area contributed by atoms with Gasteiger partial charge in [-0.25, -0.2) is 0 Å². The van der Waals surface area contributed by atoms with Crippen LogP contribution in [0, 0.1) is 0 Å². The smallest absolute Gasteiger partial charge is 0.176 e. The number of carbonyl (C=O) groups excluding carboxylic acids is 1. The maximum atomic E-state index is 12.3. The van der Waals surface area contributed by atoms with Gasteiger partial charge in [0.15, 0.2) is 5.78 Å². The average Bonchev–Trinajstić information content (AvgIpc) is 2.49. The quantitative estimate of drug-likeness (QED) is 0.614. The van der Waals surface area contributed by atoms with Crippen molar-refractivity contribution < 1.29 is 14.3 Å². The number of hydrogen-bond acceptors (Lipinski definition) is 4. The molecule has 0 saturated heterocycles. The molecular formula is C16H25NO3. The molecule has 0 heterocycles. The van der Waals surface area contributed by atoms with Gasteiger partial charge >= 0.3 is 0 Å². The molecule has 0 fully saturated rings.